The average molecular weight is 218 g/mol. The van der Waals surface area contributed by atoms with Gasteiger partial charge in [0.1, 0.15) is 5.60 Å². The molecule has 14 heavy (non-hydrogen) atoms. The molecule has 0 aromatic carbocycles. The molecule has 80 valence electrons. The van der Waals surface area contributed by atoms with Gasteiger partial charge in [-0.1, -0.05) is 18.2 Å². The van der Waals surface area contributed by atoms with Crippen LogP contribution in [0.1, 0.15) is 27.7 Å². The fourth-order valence-corrected chi connectivity index (χ4v) is 0.843. The summed E-state index contributed by atoms with van der Waals surface area (Å²) in [6.45, 7) is 10.7. The van der Waals surface area contributed by atoms with Crippen molar-refractivity contribution < 1.29 is 9.53 Å². The Balaban J connectivity index is 4.09. The van der Waals surface area contributed by atoms with Crippen LogP contribution in [0.3, 0.4) is 0 Å². The molecule has 0 aromatic heterocycles. The third kappa shape index (κ3) is 7.68. The lowest BCUT2D eigenvalue weighted by atomic mass is 10.2. The summed E-state index contributed by atoms with van der Waals surface area (Å²) >= 11 is 5.60. The van der Waals surface area contributed by atoms with Gasteiger partial charge in [0, 0.05) is 10.7 Å². The monoisotopic (exact) mass is 217 g/mol. The Bertz CT molecular complexity index is 260. The summed E-state index contributed by atoms with van der Waals surface area (Å²) in [7, 11) is 0. The Morgan fingerprint density at radius 2 is 2.00 bits per heavy atom. The van der Waals surface area contributed by atoms with Crippen molar-refractivity contribution >= 4 is 17.7 Å². The van der Waals surface area contributed by atoms with Gasteiger partial charge in [0.25, 0.3) is 0 Å². The van der Waals surface area contributed by atoms with Crippen molar-refractivity contribution in [3.05, 3.63) is 23.4 Å². The Labute approximate surface area is 89.8 Å². The zero-order chi connectivity index (χ0) is 11.4. The molecule has 1 amide bonds. The van der Waals surface area contributed by atoms with E-state index in [1.54, 1.807) is 33.8 Å². The number of carbonyl (C=O) groups is 1. The summed E-state index contributed by atoms with van der Waals surface area (Å²) in [6, 6.07) is 0. The van der Waals surface area contributed by atoms with Crippen molar-refractivity contribution in [2.24, 2.45) is 0 Å². The second kappa shape index (κ2) is 5.05. The van der Waals surface area contributed by atoms with E-state index in [0.29, 0.717) is 10.7 Å². The number of hydrogen-bond acceptors (Lipinski definition) is 2. The summed E-state index contributed by atoms with van der Waals surface area (Å²) in [5.41, 5.74) is -0.101. The maximum absolute atomic E-state index is 11.2. The molecule has 0 radical (unpaired) electrons. The molecule has 0 fully saturated rings. The highest BCUT2D eigenvalue weighted by Crippen LogP contribution is 2.08. The Kier molecular flexibility index (Phi) is 4.71. The summed E-state index contributed by atoms with van der Waals surface area (Å²) in [6.07, 6.45) is 1.02. The Morgan fingerprint density at radius 1 is 1.50 bits per heavy atom. The summed E-state index contributed by atoms with van der Waals surface area (Å²) in [5, 5.41) is 3.00. The molecule has 0 spiro atoms. The van der Waals surface area contributed by atoms with Crippen molar-refractivity contribution in [2.45, 2.75) is 33.3 Å². The quantitative estimate of drug-likeness (QED) is 0.722. The topological polar surface area (TPSA) is 38.3 Å². The number of halogens is 1. The van der Waals surface area contributed by atoms with Gasteiger partial charge >= 0.3 is 6.09 Å². The Morgan fingerprint density at radius 3 is 2.36 bits per heavy atom. The summed E-state index contributed by atoms with van der Waals surface area (Å²) < 4.78 is 5.01. The second-order valence-corrected chi connectivity index (χ2v) is 4.48. The minimum absolute atomic E-state index is 0.409. The predicted molar refractivity (Wildman–Crippen MR) is 58.1 cm³/mol. The van der Waals surface area contributed by atoms with Crippen molar-refractivity contribution in [1.82, 2.24) is 5.32 Å². The lowest BCUT2D eigenvalue weighted by molar-refractivity contribution is 0.0548. The minimum Gasteiger partial charge on any atom is -0.444 e. The van der Waals surface area contributed by atoms with E-state index in [2.05, 4.69) is 11.9 Å². The number of hydrogen-bond donors (Lipinski definition) is 1. The molecule has 0 atom stereocenters. The number of ether oxygens (including phenoxy) is 1. The van der Waals surface area contributed by atoms with Crippen molar-refractivity contribution in [3.63, 3.8) is 0 Å². The lowest BCUT2D eigenvalue weighted by Gasteiger charge is -2.19. The van der Waals surface area contributed by atoms with Gasteiger partial charge in [-0.05, 0) is 33.8 Å². The van der Waals surface area contributed by atoms with Gasteiger partial charge in [0.15, 0.2) is 0 Å². The van der Waals surface area contributed by atoms with Crippen LogP contribution >= 0.6 is 11.6 Å². The first-order valence-electron chi connectivity index (χ1n) is 4.23. The molecule has 0 aliphatic carbocycles. The molecule has 0 bridgehead atoms. The summed E-state index contributed by atoms with van der Waals surface area (Å²) in [5.74, 6) is 0. The second-order valence-electron chi connectivity index (χ2n) is 3.88. The molecule has 0 aromatic rings. The van der Waals surface area contributed by atoms with Crippen LogP contribution in [0.5, 0.6) is 0 Å². The molecule has 1 N–H and O–H groups in total. The van der Waals surface area contributed by atoms with Gasteiger partial charge in [0.05, 0.1) is 0 Å². The molecule has 0 heterocycles. The predicted octanol–water partition coefficient (Wildman–Crippen LogP) is 3.17. The molecular weight excluding hydrogens is 202 g/mol. The zero-order valence-electron chi connectivity index (χ0n) is 8.98. The van der Waals surface area contributed by atoms with Crippen LogP contribution < -0.4 is 5.32 Å². The minimum atomic E-state index is -0.531. The van der Waals surface area contributed by atoms with Gasteiger partial charge in [-0.15, -0.1) is 0 Å². The van der Waals surface area contributed by atoms with E-state index in [1.807, 2.05) is 0 Å². The molecule has 3 nitrogen and oxygen atoms in total. The van der Waals surface area contributed by atoms with E-state index in [1.165, 1.54) is 0 Å². The molecule has 0 aliphatic rings. The maximum Gasteiger partial charge on any atom is 0.412 e. The third-order valence-corrected chi connectivity index (χ3v) is 1.14. The molecule has 0 unspecified atom stereocenters. The number of alkyl carbamates (subject to hydrolysis) is 1. The highest BCUT2D eigenvalue weighted by Gasteiger charge is 2.15. The number of carbonyl (C=O) groups excluding carboxylic acids is 1. The van der Waals surface area contributed by atoms with Gasteiger partial charge in [-0.3, -0.25) is 5.32 Å². The smallest absolute Gasteiger partial charge is 0.412 e. The molecule has 0 rings (SSSR count). The van der Waals surface area contributed by atoms with E-state index in [9.17, 15) is 4.79 Å². The maximum atomic E-state index is 11.2. The van der Waals surface area contributed by atoms with Crippen molar-refractivity contribution in [1.29, 1.82) is 0 Å². The van der Waals surface area contributed by atoms with E-state index >= 15 is 0 Å². The SMILES string of the molecule is C=C(/C=C(\C)Cl)NC(=O)OC(C)(C)C. The lowest BCUT2D eigenvalue weighted by Crippen LogP contribution is -2.31. The van der Waals surface area contributed by atoms with E-state index in [0.717, 1.165) is 0 Å². The standard InChI is InChI=1S/C10H16ClNO2/c1-7(11)6-8(2)12-9(13)14-10(3,4)5/h6H,2H2,1,3-5H3,(H,12,13)/b7-6+. The van der Waals surface area contributed by atoms with Crippen molar-refractivity contribution in [3.8, 4) is 0 Å². The average Bonchev–Trinajstić information content (AvgIpc) is 1.77. The Hall–Kier alpha value is -0.960. The molecule has 4 heteroatoms. The van der Waals surface area contributed by atoms with Crippen LogP contribution in [-0.4, -0.2) is 11.7 Å². The van der Waals surface area contributed by atoms with E-state index in [4.69, 9.17) is 16.3 Å². The molecule has 0 saturated heterocycles. The van der Waals surface area contributed by atoms with Crippen molar-refractivity contribution in [2.75, 3.05) is 0 Å². The molecule has 0 saturated carbocycles. The zero-order valence-corrected chi connectivity index (χ0v) is 9.73. The molecule has 0 aliphatic heterocycles. The number of allylic oxidation sites excluding steroid dienone is 2. The fourth-order valence-electron chi connectivity index (χ4n) is 0.711. The number of rotatable bonds is 2. The van der Waals surface area contributed by atoms with Crippen LogP contribution in [0.25, 0.3) is 0 Å². The third-order valence-electron chi connectivity index (χ3n) is 1.03. The largest absolute Gasteiger partial charge is 0.444 e. The van der Waals surface area contributed by atoms with E-state index in [-0.39, 0.29) is 0 Å². The number of amides is 1. The normalized spacial score (nSPS) is 12.2. The first-order chi connectivity index (χ1) is 6.20. The van der Waals surface area contributed by atoms with E-state index < -0.39 is 11.7 Å². The molecular formula is C10H16ClNO2. The van der Waals surface area contributed by atoms with Crippen LogP contribution in [-0.2, 0) is 4.74 Å². The first kappa shape index (κ1) is 13.0. The fraction of sp³-hybridized carbons (Fsp3) is 0.500. The van der Waals surface area contributed by atoms with Gasteiger partial charge < -0.3 is 4.74 Å². The van der Waals surface area contributed by atoms with Crippen LogP contribution in [0.4, 0.5) is 4.79 Å². The van der Waals surface area contributed by atoms with Crippen LogP contribution in [0.15, 0.2) is 23.4 Å². The summed E-state index contributed by atoms with van der Waals surface area (Å²) in [4.78, 5) is 11.2. The van der Waals surface area contributed by atoms with Gasteiger partial charge in [0.2, 0.25) is 0 Å². The highest BCUT2D eigenvalue weighted by atomic mass is 35.5. The highest BCUT2D eigenvalue weighted by molar-refractivity contribution is 6.29. The number of nitrogens with one attached hydrogen (secondary N) is 1. The first-order valence-corrected chi connectivity index (χ1v) is 4.61. The van der Waals surface area contributed by atoms with Crippen LogP contribution in [0, 0.1) is 0 Å². The van der Waals surface area contributed by atoms with Gasteiger partial charge in [-0.25, -0.2) is 4.79 Å². The van der Waals surface area contributed by atoms with Gasteiger partial charge in [-0.2, -0.15) is 0 Å². The van der Waals surface area contributed by atoms with Crippen LogP contribution in [0.2, 0.25) is 0 Å².